The zero-order valence-electron chi connectivity index (χ0n) is 14.4. The third kappa shape index (κ3) is 4.08. The summed E-state index contributed by atoms with van der Waals surface area (Å²) in [4.78, 5) is 36.8. The topological polar surface area (TPSA) is 86.7 Å². The fourth-order valence-electron chi connectivity index (χ4n) is 2.79. The smallest absolute Gasteiger partial charge is 0.307 e. The van der Waals surface area contributed by atoms with E-state index in [1.165, 1.54) is 0 Å². The molecule has 3 rings (SSSR count). The lowest BCUT2D eigenvalue weighted by molar-refractivity contribution is -0.139. The second-order valence-electron chi connectivity index (χ2n) is 6.44. The molecule has 0 aliphatic heterocycles. The zero-order chi connectivity index (χ0) is 18.7. The Labute approximate surface area is 151 Å². The van der Waals surface area contributed by atoms with Crippen molar-refractivity contribution in [3.63, 3.8) is 0 Å². The van der Waals surface area contributed by atoms with Gasteiger partial charge in [0.2, 0.25) is 11.8 Å². The van der Waals surface area contributed by atoms with Gasteiger partial charge in [-0.3, -0.25) is 14.4 Å². The maximum absolute atomic E-state index is 12.4. The van der Waals surface area contributed by atoms with Crippen LogP contribution in [-0.4, -0.2) is 29.9 Å². The number of hydrogen-bond donors (Lipinski definition) is 2. The first-order valence-corrected chi connectivity index (χ1v) is 8.40. The van der Waals surface area contributed by atoms with E-state index in [2.05, 4.69) is 5.32 Å². The quantitative estimate of drug-likeness (QED) is 0.836. The number of carbonyl (C=O) groups is 3. The van der Waals surface area contributed by atoms with Gasteiger partial charge in [0.1, 0.15) is 0 Å². The van der Waals surface area contributed by atoms with Crippen LogP contribution in [0, 0.1) is 11.8 Å². The minimum absolute atomic E-state index is 0.0322. The van der Waals surface area contributed by atoms with Crippen LogP contribution in [-0.2, 0) is 20.8 Å². The Morgan fingerprint density at radius 2 is 1.69 bits per heavy atom. The number of hydrogen-bond acceptors (Lipinski definition) is 3. The monoisotopic (exact) mass is 352 g/mol. The number of likely N-dealkylation sites (N-methyl/N-ethyl adjacent to an activating group) is 1. The molecule has 26 heavy (non-hydrogen) atoms. The summed E-state index contributed by atoms with van der Waals surface area (Å²) in [6, 6.07) is 16.4. The van der Waals surface area contributed by atoms with Crippen molar-refractivity contribution in [2.75, 3.05) is 17.3 Å². The molecule has 1 fully saturated rings. The number of anilines is 2. The van der Waals surface area contributed by atoms with Gasteiger partial charge in [-0.2, -0.15) is 0 Å². The molecule has 2 amide bonds. The predicted molar refractivity (Wildman–Crippen MR) is 97.9 cm³/mol. The van der Waals surface area contributed by atoms with Crippen molar-refractivity contribution in [3.05, 3.63) is 60.2 Å². The van der Waals surface area contributed by atoms with Crippen LogP contribution < -0.4 is 10.2 Å². The zero-order valence-corrected chi connectivity index (χ0v) is 14.4. The SMILES string of the molecule is CN(C(=O)Cc1ccc(NC(=O)C2CC2C(=O)O)cc1)c1ccccc1. The van der Waals surface area contributed by atoms with Gasteiger partial charge in [0.15, 0.2) is 0 Å². The molecule has 0 radical (unpaired) electrons. The summed E-state index contributed by atoms with van der Waals surface area (Å²) in [5.74, 6) is -2.25. The van der Waals surface area contributed by atoms with Gasteiger partial charge < -0.3 is 15.3 Å². The Balaban J connectivity index is 1.55. The van der Waals surface area contributed by atoms with Crippen molar-refractivity contribution in [2.45, 2.75) is 12.8 Å². The van der Waals surface area contributed by atoms with Crippen LogP contribution in [0.15, 0.2) is 54.6 Å². The van der Waals surface area contributed by atoms with Crippen molar-refractivity contribution in [1.29, 1.82) is 0 Å². The van der Waals surface area contributed by atoms with Crippen molar-refractivity contribution >= 4 is 29.2 Å². The second kappa shape index (κ2) is 7.39. The molecule has 0 heterocycles. The predicted octanol–water partition coefficient (Wildman–Crippen LogP) is 2.55. The Hall–Kier alpha value is -3.15. The highest BCUT2D eigenvalue weighted by atomic mass is 16.4. The summed E-state index contributed by atoms with van der Waals surface area (Å²) >= 11 is 0. The van der Waals surface area contributed by atoms with Crippen LogP contribution in [0.25, 0.3) is 0 Å². The summed E-state index contributed by atoms with van der Waals surface area (Å²) in [6.07, 6.45) is 0.642. The van der Waals surface area contributed by atoms with E-state index in [-0.39, 0.29) is 18.2 Å². The van der Waals surface area contributed by atoms with E-state index in [1.54, 1.807) is 36.2 Å². The molecule has 2 atom stereocenters. The van der Waals surface area contributed by atoms with Crippen LogP contribution in [0.4, 0.5) is 11.4 Å². The van der Waals surface area contributed by atoms with Crippen molar-refractivity contribution in [1.82, 2.24) is 0 Å². The average Bonchev–Trinajstić information content (AvgIpc) is 3.44. The number of carboxylic acids is 1. The molecular formula is C20H20N2O4. The molecule has 1 saturated carbocycles. The first-order chi connectivity index (χ1) is 12.5. The molecule has 6 nitrogen and oxygen atoms in total. The molecule has 0 bridgehead atoms. The largest absolute Gasteiger partial charge is 0.481 e. The highest BCUT2D eigenvalue weighted by molar-refractivity contribution is 5.98. The Morgan fingerprint density at radius 3 is 2.27 bits per heavy atom. The van der Waals surface area contributed by atoms with Crippen molar-refractivity contribution in [2.24, 2.45) is 11.8 Å². The summed E-state index contributed by atoms with van der Waals surface area (Å²) in [5, 5.41) is 11.6. The van der Waals surface area contributed by atoms with Crippen LogP contribution >= 0.6 is 0 Å². The van der Waals surface area contributed by atoms with Crippen LogP contribution in [0.3, 0.4) is 0 Å². The third-order valence-electron chi connectivity index (χ3n) is 4.54. The number of nitrogens with one attached hydrogen (secondary N) is 1. The minimum Gasteiger partial charge on any atom is -0.481 e. The van der Waals surface area contributed by atoms with E-state index in [4.69, 9.17) is 5.11 Å². The summed E-state index contributed by atoms with van der Waals surface area (Å²) in [5.41, 5.74) is 2.27. The van der Waals surface area contributed by atoms with Gasteiger partial charge in [0.05, 0.1) is 18.3 Å². The molecular weight excluding hydrogens is 332 g/mol. The number of nitrogens with zero attached hydrogens (tertiary/aromatic N) is 1. The van der Waals surface area contributed by atoms with E-state index in [0.717, 1.165) is 11.3 Å². The Kier molecular flexibility index (Phi) is 5.02. The molecule has 2 aromatic rings. The van der Waals surface area contributed by atoms with Crippen LogP contribution in [0.5, 0.6) is 0 Å². The molecule has 2 aromatic carbocycles. The van der Waals surface area contributed by atoms with E-state index < -0.39 is 17.8 Å². The molecule has 1 aliphatic carbocycles. The van der Waals surface area contributed by atoms with E-state index in [0.29, 0.717) is 12.1 Å². The van der Waals surface area contributed by atoms with Gasteiger partial charge in [-0.1, -0.05) is 30.3 Å². The van der Waals surface area contributed by atoms with Gasteiger partial charge >= 0.3 is 5.97 Å². The van der Waals surface area contributed by atoms with Crippen molar-refractivity contribution in [3.8, 4) is 0 Å². The number of amides is 2. The lowest BCUT2D eigenvalue weighted by Crippen LogP contribution is -2.27. The maximum Gasteiger partial charge on any atom is 0.307 e. The number of carbonyl (C=O) groups excluding carboxylic acids is 2. The number of rotatable bonds is 6. The molecule has 1 aliphatic rings. The Morgan fingerprint density at radius 1 is 1.04 bits per heavy atom. The van der Waals surface area contributed by atoms with Gasteiger partial charge in [0.25, 0.3) is 0 Å². The fourth-order valence-corrected chi connectivity index (χ4v) is 2.79. The van der Waals surface area contributed by atoms with Gasteiger partial charge in [-0.15, -0.1) is 0 Å². The van der Waals surface area contributed by atoms with Gasteiger partial charge in [-0.25, -0.2) is 0 Å². The van der Waals surface area contributed by atoms with Crippen LogP contribution in [0.2, 0.25) is 0 Å². The highest BCUT2D eigenvalue weighted by Gasteiger charge is 2.48. The fraction of sp³-hybridized carbons (Fsp3) is 0.250. The van der Waals surface area contributed by atoms with Crippen molar-refractivity contribution < 1.29 is 19.5 Å². The molecule has 6 heteroatoms. The number of carboxylic acid groups (broad SMARTS) is 1. The molecule has 0 saturated heterocycles. The summed E-state index contributed by atoms with van der Waals surface area (Å²) < 4.78 is 0. The number of benzene rings is 2. The van der Waals surface area contributed by atoms with E-state index >= 15 is 0 Å². The van der Waals surface area contributed by atoms with E-state index in [9.17, 15) is 14.4 Å². The first-order valence-electron chi connectivity index (χ1n) is 8.40. The lowest BCUT2D eigenvalue weighted by Gasteiger charge is -2.17. The molecule has 2 N–H and O–H groups in total. The highest BCUT2D eigenvalue weighted by Crippen LogP contribution is 2.39. The molecule has 0 aromatic heterocycles. The Bertz CT molecular complexity index is 817. The molecule has 0 spiro atoms. The number of para-hydroxylation sites is 1. The standard InChI is InChI=1S/C20H20N2O4/c1-22(15-5-3-2-4-6-15)18(23)11-13-7-9-14(10-8-13)21-19(24)16-12-17(16)20(25)26/h2-10,16-17H,11-12H2,1H3,(H,21,24)(H,25,26). The van der Waals surface area contributed by atoms with E-state index in [1.807, 2.05) is 30.3 Å². The third-order valence-corrected chi connectivity index (χ3v) is 4.54. The lowest BCUT2D eigenvalue weighted by atomic mass is 10.1. The number of aliphatic carboxylic acids is 1. The summed E-state index contributed by atoms with van der Waals surface area (Å²) in [7, 11) is 1.74. The normalized spacial score (nSPS) is 18.0. The second-order valence-corrected chi connectivity index (χ2v) is 6.44. The van der Waals surface area contributed by atoms with Gasteiger partial charge in [0, 0.05) is 18.4 Å². The molecule has 134 valence electrons. The maximum atomic E-state index is 12.4. The van der Waals surface area contributed by atoms with Gasteiger partial charge in [-0.05, 0) is 36.2 Å². The average molecular weight is 352 g/mol. The minimum atomic E-state index is -0.929. The van der Waals surface area contributed by atoms with Crippen LogP contribution in [0.1, 0.15) is 12.0 Å². The summed E-state index contributed by atoms with van der Waals surface area (Å²) in [6.45, 7) is 0. The first kappa shape index (κ1) is 17.7. The molecule has 2 unspecified atom stereocenters.